The maximum absolute atomic E-state index is 5.65. The van der Waals surface area contributed by atoms with Gasteiger partial charge in [-0.15, -0.1) is 0 Å². The van der Waals surface area contributed by atoms with Crippen molar-refractivity contribution in [1.29, 1.82) is 0 Å². The third-order valence-corrected chi connectivity index (χ3v) is 3.42. The summed E-state index contributed by atoms with van der Waals surface area (Å²) in [7, 11) is 0. The smallest absolute Gasteiger partial charge is 0.195 e. The molecule has 0 amide bonds. The molecule has 0 aliphatic carbocycles. The molecule has 0 bridgehead atoms. The Balaban J connectivity index is 1.93. The summed E-state index contributed by atoms with van der Waals surface area (Å²) in [5.41, 5.74) is 1.01. The molecular weight excluding hydrogens is 248 g/mol. The van der Waals surface area contributed by atoms with E-state index in [0.717, 1.165) is 37.4 Å². The van der Waals surface area contributed by atoms with Crippen LogP contribution in [0, 0.1) is 4.77 Å². The first kappa shape index (κ1) is 11.6. The fraction of sp³-hybridized carbons (Fsp3) is 0.417. The molecule has 1 fully saturated rings. The second kappa shape index (κ2) is 4.99. The second-order valence-electron chi connectivity index (χ2n) is 4.33. The monoisotopic (exact) mass is 262 g/mol. The predicted molar refractivity (Wildman–Crippen MR) is 69.6 cm³/mol. The van der Waals surface area contributed by atoms with Gasteiger partial charge in [0.05, 0.1) is 12.6 Å². The van der Waals surface area contributed by atoms with E-state index < -0.39 is 0 Å². The number of nitrogens with zero attached hydrogens (tertiary/aromatic N) is 3. The summed E-state index contributed by atoms with van der Waals surface area (Å²) in [6.45, 7) is 1.60. The van der Waals surface area contributed by atoms with Crippen LogP contribution in [0.15, 0.2) is 24.5 Å². The Morgan fingerprint density at radius 1 is 1.44 bits per heavy atom. The van der Waals surface area contributed by atoms with E-state index in [1.807, 2.05) is 16.7 Å². The highest BCUT2D eigenvalue weighted by atomic mass is 32.1. The van der Waals surface area contributed by atoms with Crippen LogP contribution in [0.4, 0.5) is 0 Å². The summed E-state index contributed by atoms with van der Waals surface area (Å²) < 4.78 is 8.29. The normalized spacial score (nSPS) is 19.2. The number of hydrogen-bond donors (Lipinski definition) is 1. The maximum Gasteiger partial charge on any atom is 0.195 e. The fourth-order valence-corrected chi connectivity index (χ4v) is 2.41. The van der Waals surface area contributed by atoms with Gasteiger partial charge in [-0.3, -0.25) is 14.6 Å². The van der Waals surface area contributed by atoms with Crippen LogP contribution in [0.2, 0.25) is 0 Å². The zero-order valence-electron chi connectivity index (χ0n) is 9.87. The third kappa shape index (κ3) is 2.21. The molecule has 1 atom stereocenters. The van der Waals surface area contributed by atoms with Crippen molar-refractivity contribution in [2.45, 2.75) is 25.5 Å². The zero-order chi connectivity index (χ0) is 12.4. The second-order valence-corrected chi connectivity index (χ2v) is 4.72. The van der Waals surface area contributed by atoms with Gasteiger partial charge in [-0.1, -0.05) is 0 Å². The molecule has 2 aromatic rings. The van der Waals surface area contributed by atoms with Crippen molar-refractivity contribution in [3.8, 4) is 11.4 Å². The fourth-order valence-electron chi connectivity index (χ4n) is 2.20. The Morgan fingerprint density at radius 3 is 3.00 bits per heavy atom. The molecule has 1 saturated heterocycles. The van der Waals surface area contributed by atoms with E-state index >= 15 is 0 Å². The number of aromatic nitrogens is 4. The van der Waals surface area contributed by atoms with Crippen LogP contribution in [0.5, 0.6) is 0 Å². The molecule has 2 aromatic heterocycles. The van der Waals surface area contributed by atoms with Crippen molar-refractivity contribution in [3.05, 3.63) is 29.3 Å². The number of ether oxygens (including phenoxy) is 1. The number of nitrogens with one attached hydrogen (secondary N) is 1. The largest absolute Gasteiger partial charge is 0.376 e. The van der Waals surface area contributed by atoms with Crippen molar-refractivity contribution in [3.63, 3.8) is 0 Å². The van der Waals surface area contributed by atoms with Gasteiger partial charge >= 0.3 is 0 Å². The number of hydrogen-bond acceptors (Lipinski definition) is 4. The van der Waals surface area contributed by atoms with Crippen molar-refractivity contribution in [2.75, 3.05) is 6.61 Å². The van der Waals surface area contributed by atoms with Crippen LogP contribution in [0.3, 0.4) is 0 Å². The molecule has 18 heavy (non-hydrogen) atoms. The average molecular weight is 262 g/mol. The van der Waals surface area contributed by atoms with Crippen molar-refractivity contribution < 1.29 is 4.74 Å². The van der Waals surface area contributed by atoms with Gasteiger partial charge in [0.15, 0.2) is 10.6 Å². The Kier molecular flexibility index (Phi) is 3.21. The van der Waals surface area contributed by atoms with E-state index in [0.29, 0.717) is 4.77 Å². The lowest BCUT2D eigenvalue weighted by atomic mass is 10.2. The molecule has 3 rings (SSSR count). The summed E-state index contributed by atoms with van der Waals surface area (Å²) in [5, 5.41) is 7.14. The highest BCUT2D eigenvalue weighted by molar-refractivity contribution is 7.71. The van der Waals surface area contributed by atoms with Crippen LogP contribution in [-0.4, -0.2) is 32.5 Å². The first-order valence-electron chi connectivity index (χ1n) is 6.02. The minimum Gasteiger partial charge on any atom is -0.376 e. The minimum absolute atomic E-state index is 0.245. The lowest BCUT2D eigenvalue weighted by Gasteiger charge is -2.12. The van der Waals surface area contributed by atoms with Gasteiger partial charge in [0.2, 0.25) is 0 Å². The van der Waals surface area contributed by atoms with Gasteiger partial charge in [0.25, 0.3) is 0 Å². The topological polar surface area (TPSA) is 55.7 Å². The van der Waals surface area contributed by atoms with E-state index in [2.05, 4.69) is 15.2 Å². The lowest BCUT2D eigenvalue weighted by Crippen LogP contribution is -2.16. The summed E-state index contributed by atoms with van der Waals surface area (Å²) in [5.74, 6) is 0.845. The van der Waals surface area contributed by atoms with Gasteiger partial charge in [-0.2, -0.15) is 5.10 Å². The number of aromatic amines is 1. The molecular formula is C12H14N4OS. The van der Waals surface area contributed by atoms with Crippen molar-refractivity contribution in [2.24, 2.45) is 0 Å². The van der Waals surface area contributed by atoms with E-state index in [4.69, 9.17) is 17.0 Å². The lowest BCUT2D eigenvalue weighted by molar-refractivity contribution is 0.0970. The number of rotatable bonds is 3. The molecule has 0 unspecified atom stereocenters. The molecule has 5 nitrogen and oxygen atoms in total. The molecule has 0 saturated carbocycles. The van der Waals surface area contributed by atoms with Crippen LogP contribution in [0.1, 0.15) is 12.8 Å². The van der Waals surface area contributed by atoms with Gasteiger partial charge in [-0.25, -0.2) is 0 Å². The first-order valence-corrected chi connectivity index (χ1v) is 6.42. The number of H-pyrrole nitrogens is 1. The van der Waals surface area contributed by atoms with E-state index in [1.54, 1.807) is 12.4 Å². The van der Waals surface area contributed by atoms with Crippen LogP contribution in [-0.2, 0) is 11.3 Å². The molecule has 0 radical (unpaired) electrons. The summed E-state index contributed by atoms with van der Waals surface area (Å²) in [6, 6.07) is 3.86. The quantitative estimate of drug-likeness (QED) is 0.861. The summed E-state index contributed by atoms with van der Waals surface area (Å²) in [4.78, 5) is 4.01. The average Bonchev–Trinajstić information content (AvgIpc) is 3.03. The molecule has 94 valence electrons. The predicted octanol–water partition coefficient (Wildman–Crippen LogP) is 2.18. The summed E-state index contributed by atoms with van der Waals surface area (Å²) >= 11 is 5.28. The first-order chi connectivity index (χ1) is 8.84. The molecule has 0 spiro atoms. The van der Waals surface area contributed by atoms with Gasteiger partial charge in [-0.05, 0) is 37.2 Å². The standard InChI is InChI=1S/C12H14N4OS/c18-12-15-14-11(9-3-5-13-6-4-9)16(12)8-10-2-1-7-17-10/h3-6,10H,1-2,7-8H2,(H,15,18)/t10-/m1/s1. The van der Waals surface area contributed by atoms with Crippen LogP contribution < -0.4 is 0 Å². The Bertz CT molecular complexity index is 571. The SMILES string of the molecule is S=c1[nH]nc(-c2ccncc2)n1C[C@H]1CCCO1. The zero-order valence-corrected chi connectivity index (χ0v) is 10.7. The van der Waals surface area contributed by atoms with Gasteiger partial charge in [0, 0.05) is 24.6 Å². The minimum atomic E-state index is 0.245. The molecule has 0 aromatic carbocycles. The highest BCUT2D eigenvalue weighted by Gasteiger charge is 2.18. The van der Waals surface area contributed by atoms with Crippen LogP contribution >= 0.6 is 12.2 Å². The van der Waals surface area contributed by atoms with Crippen molar-refractivity contribution >= 4 is 12.2 Å². The highest BCUT2D eigenvalue weighted by Crippen LogP contribution is 2.20. The molecule has 1 aliphatic heterocycles. The Hall–Kier alpha value is -1.53. The number of pyridine rings is 1. The Morgan fingerprint density at radius 2 is 2.28 bits per heavy atom. The molecule has 3 heterocycles. The van der Waals surface area contributed by atoms with Crippen molar-refractivity contribution in [1.82, 2.24) is 19.7 Å². The van der Waals surface area contributed by atoms with E-state index in [9.17, 15) is 0 Å². The molecule has 1 aliphatic rings. The van der Waals surface area contributed by atoms with Gasteiger partial charge in [0.1, 0.15) is 0 Å². The van der Waals surface area contributed by atoms with Crippen LogP contribution in [0.25, 0.3) is 11.4 Å². The molecule has 6 heteroatoms. The van der Waals surface area contributed by atoms with E-state index in [-0.39, 0.29) is 6.10 Å². The molecule has 1 N–H and O–H groups in total. The Labute approximate surface area is 110 Å². The summed E-state index contributed by atoms with van der Waals surface area (Å²) in [6.07, 6.45) is 5.96. The van der Waals surface area contributed by atoms with Gasteiger partial charge < -0.3 is 4.74 Å². The maximum atomic E-state index is 5.65. The third-order valence-electron chi connectivity index (χ3n) is 3.11. The van der Waals surface area contributed by atoms with E-state index in [1.165, 1.54) is 0 Å².